The summed E-state index contributed by atoms with van der Waals surface area (Å²) < 4.78 is 10.9. The first-order valence-corrected chi connectivity index (χ1v) is 9.30. The zero-order valence-corrected chi connectivity index (χ0v) is 16.1. The summed E-state index contributed by atoms with van der Waals surface area (Å²) in [6.07, 6.45) is 5.30. The molecule has 8 nitrogen and oxygen atoms in total. The molecule has 2 N–H and O–H groups in total. The summed E-state index contributed by atoms with van der Waals surface area (Å²) in [6, 6.07) is 6.80. The Morgan fingerprint density at radius 2 is 2.00 bits per heavy atom. The van der Waals surface area contributed by atoms with Crippen molar-refractivity contribution in [3.63, 3.8) is 0 Å². The van der Waals surface area contributed by atoms with Crippen molar-refractivity contribution in [1.29, 1.82) is 0 Å². The molecule has 0 aliphatic heterocycles. The summed E-state index contributed by atoms with van der Waals surface area (Å²) in [6.45, 7) is 3.74. The van der Waals surface area contributed by atoms with Crippen LogP contribution in [0.15, 0.2) is 50.7 Å². The number of carbonyl (C=O) groups excluding carboxylic acids is 2. The highest BCUT2D eigenvalue weighted by Gasteiger charge is 2.28. The third-order valence-electron chi connectivity index (χ3n) is 4.72. The zero-order valence-electron chi connectivity index (χ0n) is 16.1. The number of hydrogen-bond donors (Lipinski definition) is 2. The Kier molecular flexibility index (Phi) is 4.99. The first-order valence-electron chi connectivity index (χ1n) is 9.30. The van der Waals surface area contributed by atoms with Crippen molar-refractivity contribution in [2.75, 3.05) is 5.32 Å². The summed E-state index contributed by atoms with van der Waals surface area (Å²) >= 11 is 0. The van der Waals surface area contributed by atoms with Crippen LogP contribution >= 0.6 is 0 Å². The van der Waals surface area contributed by atoms with E-state index in [4.69, 9.17) is 8.83 Å². The van der Waals surface area contributed by atoms with Crippen LogP contribution in [0.2, 0.25) is 0 Å². The second-order valence-corrected chi connectivity index (χ2v) is 6.86. The van der Waals surface area contributed by atoms with Gasteiger partial charge < -0.3 is 14.2 Å². The highest BCUT2D eigenvalue weighted by atomic mass is 16.4. The molecule has 2 amide bonds. The molecule has 0 aromatic carbocycles. The van der Waals surface area contributed by atoms with E-state index < -0.39 is 5.91 Å². The van der Waals surface area contributed by atoms with Gasteiger partial charge in [-0.1, -0.05) is 6.07 Å². The van der Waals surface area contributed by atoms with Crippen LogP contribution in [0.25, 0.3) is 0 Å². The molecule has 29 heavy (non-hydrogen) atoms. The molecule has 4 rings (SSSR count). The Balaban J connectivity index is 1.57. The largest absolute Gasteiger partial charge is 0.459 e. The summed E-state index contributed by atoms with van der Waals surface area (Å²) in [4.78, 5) is 29.0. The summed E-state index contributed by atoms with van der Waals surface area (Å²) in [5, 5.41) is 7.01. The van der Waals surface area contributed by atoms with Crippen LogP contribution in [0.1, 0.15) is 56.4 Å². The number of hydrogen-bond acceptors (Lipinski definition) is 6. The molecule has 0 spiro atoms. The number of rotatable bonds is 4. The zero-order chi connectivity index (χ0) is 20.4. The minimum atomic E-state index is -0.431. The highest BCUT2D eigenvalue weighted by Crippen LogP contribution is 2.30. The average Bonchev–Trinajstić information content (AvgIpc) is 3.37. The van der Waals surface area contributed by atoms with Gasteiger partial charge in [-0.15, -0.1) is 0 Å². The minimum Gasteiger partial charge on any atom is -0.459 e. The Morgan fingerprint density at radius 3 is 2.72 bits per heavy atom. The lowest BCUT2D eigenvalue weighted by Crippen LogP contribution is -2.21. The molecule has 0 fully saturated rings. The second-order valence-electron chi connectivity index (χ2n) is 6.86. The smallest absolute Gasteiger partial charge is 0.307 e. The number of pyridine rings is 1. The van der Waals surface area contributed by atoms with E-state index in [0.717, 1.165) is 17.5 Å². The normalized spacial score (nSPS) is 14.5. The van der Waals surface area contributed by atoms with E-state index in [-0.39, 0.29) is 17.4 Å². The quantitative estimate of drug-likeness (QED) is 0.659. The molecule has 0 saturated carbocycles. The van der Waals surface area contributed by atoms with Crippen molar-refractivity contribution in [1.82, 2.24) is 10.4 Å². The number of nitrogens with zero attached hydrogens (tertiary/aromatic N) is 2. The number of carbonyl (C=O) groups is 2. The van der Waals surface area contributed by atoms with E-state index in [2.05, 4.69) is 20.8 Å². The lowest BCUT2D eigenvalue weighted by molar-refractivity contribution is 0.0926. The number of aryl methyl sites for hydroxylation is 2. The Morgan fingerprint density at radius 1 is 1.14 bits per heavy atom. The number of anilines is 1. The van der Waals surface area contributed by atoms with Crippen molar-refractivity contribution < 1.29 is 18.4 Å². The molecule has 1 aliphatic carbocycles. The molecule has 0 bridgehead atoms. The van der Waals surface area contributed by atoms with Gasteiger partial charge in [0, 0.05) is 23.7 Å². The summed E-state index contributed by atoms with van der Waals surface area (Å²) in [5.41, 5.74) is 5.66. The molecule has 0 radical (unpaired) electrons. The van der Waals surface area contributed by atoms with Crippen LogP contribution in [-0.2, 0) is 6.42 Å². The van der Waals surface area contributed by atoms with Gasteiger partial charge in [0.15, 0.2) is 11.5 Å². The SMILES string of the molecule is Cc1ccc(NC(=O)c2oc3c(c2C)/C(=N/NC(=O)c2ccco2)CCC3)nc1. The molecule has 3 aromatic rings. The molecule has 0 unspecified atom stereocenters. The fraction of sp³-hybridized carbons (Fsp3) is 0.238. The van der Waals surface area contributed by atoms with E-state index in [0.29, 0.717) is 35.7 Å². The molecule has 3 aromatic heterocycles. The fourth-order valence-electron chi connectivity index (χ4n) is 3.29. The van der Waals surface area contributed by atoms with Gasteiger partial charge in [-0.3, -0.25) is 9.59 Å². The van der Waals surface area contributed by atoms with Gasteiger partial charge in [0.25, 0.3) is 5.91 Å². The summed E-state index contributed by atoms with van der Waals surface area (Å²) in [5.74, 6) is 0.756. The van der Waals surface area contributed by atoms with Gasteiger partial charge in [-0.2, -0.15) is 5.10 Å². The molecule has 0 saturated heterocycles. The predicted octanol–water partition coefficient (Wildman–Crippen LogP) is 3.61. The molecule has 148 valence electrons. The van der Waals surface area contributed by atoms with Crippen LogP contribution in [-0.4, -0.2) is 22.5 Å². The Hall–Kier alpha value is -3.68. The lowest BCUT2D eigenvalue weighted by Gasteiger charge is -2.13. The monoisotopic (exact) mass is 392 g/mol. The van der Waals surface area contributed by atoms with Gasteiger partial charge in [0.2, 0.25) is 0 Å². The van der Waals surface area contributed by atoms with Gasteiger partial charge in [-0.05, 0) is 50.5 Å². The second kappa shape index (κ2) is 7.75. The summed E-state index contributed by atoms with van der Waals surface area (Å²) in [7, 11) is 0. The van der Waals surface area contributed by atoms with Gasteiger partial charge in [-0.25, -0.2) is 10.4 Å². The number of aromatic nitrogens is 1. The van der Waals surface area contributed by atoms with Gasteiger partial charge >= 0.3 is 5.91 Å². The third kappa shape index (κ3) is 3.82. The molecule has 3 heterocycles. The molecule has 1 aliphatic rings. The number of nitrogens with one attached hydrogen (secondary N) is 2. The minimum absolute atomic E-state index is 0.181. The van der Waals surface area contributed by atoms with Crippen molar-refractivity contribution in [2.45, 2.75) is 33.1 Å². The van der Waals surface area contributed by atoms with E-state index in [1.165, 1.54) is 6.26 Å². The van der Waals surface area contributed by atoms with Crippen LogP contribution in [0, 0.1) is 13.8 Å². The average molecular weight is 392 g/mol. The van der Waals surface area contributed by atoms with E-state index in [9.17, 15) is 9.59 Å². The third-order valence-corrected chi connectivity index (χ3v) is 4.72. The fourth-order valence-corrected chi connectivity index (χ4v) is 3.29. The number of amides is 2. The Labute approximate surface area is 167 Å². The maximum Gasteiger partial charge on any atom is 0.307 e. The number of fused-ring (bicyclic) bond motifs is 1. The van der Waals surface area contributed by atoms with Crippen molar-refractivity contribution in [2.24, 2.45) is 5.10 Å². The molecule has 0 atom stereocenters. The van der Waals surface area contributed by atoms with Crippen LogP contribution in [0.4, 0.5) is 5.82 Å². The first kappa shape index (κ1) is 18.7. The number of furan rings is 2. The first-order chi connectivity index (χ1) is 14.0. The molecular weight excluding hydrogens is 372 g/mol. The highest BCUT2D eigenvalue weighted by molar-refractivity contribution is 6.09. The maximum atomic E-state index is 12.7. The van der Waals surface area contributed by atoms with Gasteiger partial charge in [0.05, 0.1) is 12.0 Å². The molecular formula is C21H20N4O4. The van der Waals surface area contributed by atoms with E-state index in [1.54, 1.807) is 24.4 Å². The lowest BCUT2D eigenvalue weighted by atomic mass is 9.93. The van der Waals surface area contributed by atoms with E-state index in [1.807, 2.05) is 19.9 Å². The van der Waals surface area contributed by atoms with Crippen molar-refractivity contribution in [3.05, 3.63) is 70.7 Å². The number of hydrazone groups is 1. The standard InChI is InChI=1S/C21H20N4O4/c1-12-8-9-17(22-11-12)23-21(27)19-13(2)18-14(5-3-6-15(18)29-19)24-25-20(26)16-7-4-10-28-16/h4,7-11H,3,5-6H2,1-2H3,(H,25,26)(H,22,23,27)/b24-14+. The van der Waals surface area contributed by atoms with E-state index >= 15 is 0 Å². The molecule has 8 heteroatoms. The van der Waals surface area contributed by atoms with Crippen LogP contribution < -0.4 is 10.7 Å². The van der Waals surface area contributed by atoms with Crippen molar-refractivity contribution >= 4 is 23.3 Å². The van der Waals surface area contributed by atoms with Gasteiger partial charge in [0.1, 0.15) is 11.6 Å². The predicted molar refractivity (Wildman–Crippen MR) is 106 cm³/mol. The van der Waals surface area contributed by atoms with Crippen molar-refractivity contribution in [3.8, 4) is 0 Å². The topological polar surface area (TPSA) is 110 Å². The van der Waals surface area contributed by atoms with Crippen LogP contribution in [0.3, 0.4) is 0 Å². The van der Waals surface area contributed by atoms with Crippen LogP contribution in [0.5, 0.6) is 0 Å². The Bertz CT molecular complexity index is 1080. The maximum absolute atomic E-state index is 12.7.